The molecule has 0 saturated heterocycles. The predicted octanol–water partition coefficient (Wildman–Crippen LogP) is 3.98. The van der Waals surface area contributed by atoms with Gasteiger partial charge in [-0.1, -0.05) is 33.4 Å². The van der Waals surface area contributed by atoms with Gasteiger partial charge >= 0.3 is 0 Å². The number of allylic oxidation sites excluding steroid dienone is 1. The van der Waals surface area contributed by atoms with Gasteiger partial charge in [-0.15, -0.1) is 0 Å². The lowest BCUT2D eigenvalue weighted by Crippen LogP contribution is -2.45. The van der Waals surface area contributed by atoms with Crippen molar-refractivity contribution in [2.75, 3.05) is 6.61 Å². The Morgan fingerprint density at radius 1 is 1.47 bits per heavy atom. The van der Waals surface area contributed by atoms with Gasteiger partial charge in [0.25, 0.3) is 0 Å². The van der Waals surface area contributed by atoms with Crippen LogP contribution in [0.4, 0.5) is 4.39 Å². The van der Waals surface area contributed by atoms with Crippen molar-refractivity contribution in [2.45, 2.75) is 64.0 Å². The van der Waals surface area contributed by atoms with Gasteiger partial charge in [-0.3, -0.25) is 0 Å². The molecule has 1 rings (SSSR count). The molecule has 1 aliphatic carbocycles. The molecule has 0 spiro atoms. The van der Waals surface area contributed by atoms with Crippen LogP contribution in [0.5, 0.6) is 0 Å². The fourth-order valence-electron chi connectivity index (χ4n) is 2.04. The standard InChI is InChI=1S/C15H27FO2Si/c1-11-12(7-8-17)9-13(10-14(11)16)18-19(5,6)15(2,3)4/h7,13-14,17H,1,8-10H2,2-6H3. The summed E-state index contributed by atoms with van der Waals surface area (Å²) in [7, 11) is -1.88. The zero-order chi connectivity index (χ0) is 14.8. The third-order valence-electron chi connectivity index (χ3n) is 4.31. The Morgan fingerprint density at radius 2 is 2.05 bits per heavy atom. The zero-order valence-electron chi connectivity index (χ0n) is 12.8. The molecule has 1 fully saturated rings. The molecule has 4 heteroatoms. The first-order chi connectivity index (χ1) is 8.58. The van der Waals surface area contributed by atoms with Gasteiger partial charge in [-0.25, -0.2) is 4.39 Å². The minimum atomic E-state index is -1.88. The molecule has 2 atom stereocenters. The highest BCUT2D eigenvalue weighted by Gasteiger charge is 2.41. The predicted molar refractivity (Wildman–Crippen MR) is 80.5 cm³/mol. The molecule has 0 radical (unpaired) electrons. The van der Waals surface area contributed by atoms with Gasteiger partial charge in [0.2, 0.25) is 0 Å². The SMILES string of the molecule is C=C1C(=CCO)CC(O[Si](C)(C)C(C)(C)C)CC1F. The summed E-state index contributed by atoms with van der Waals surface area (Å²) in [6.45, 7) is 14.6. The molecule has 0 aromatic heterocycles. The van der Waals surface area contributed by atoms with Gasteiger partial charge in [0, 0.05) is 6.42 Å². The van der Waals surface area contributed by atoms with E-state index in [1.165, 1.54) is 0 Å². The Hall–Kier alpha value is -0.453. The molecule has 1 saturated carbocycles. The third-order valence-corrected chi connectivity index (χ3v) is 8.85. The number of rotatable bonds is 3. The zero-order valence-corrected chi connectivity index (χ0v) is 13.8. The summed E-state index contributed by atoms with van der Waals surface area (Å²) in [4.78, 5) is 0. The Kier molecular flexibility index (Phi) is 5.15. The summed E-state index contributed by atoms with van der Waals surface area (Å²) in [5.74, 6) is 0. The van der Waals surface area contributed by atoms with E-state index in [1.54, 1.807) is 6.08 Å². The van der Waals surface area contributed by atoms with Crippen LogP contribution >= 0.6 is 0 Å². The van der Waals surface area contributed by atoms with E-state index in [9.17, 15) is 4.39 Å². The lowest BCUT2D eigenvalue weighted by atomic mass is 9.87. The fraction of sp³-hybridized carbons (Fsp3) is 0.733. The molecule has 0 aliphatic heterocycles. The Balaban J connectivity index is 2.81. The van der Waals surface area contributed by atoms with E-state index >= 15 is 0 Å². The average Bonchev–Trinajstić information content (AvgIpc) is 2.23. The first kappa shape index (κ1) is 16.6. The third kappa shape index (κ3) is 4.00. The maximum absolute atomic E-state index is 14.0. The van der Waals surface area contributed by atoms with Crippen molar-refractivity contribution in [3.05, 3.63) is 23.8 Å². The van der Waals surface area contributed by atoms with Crippen LogP contribution in [0.25, 0.3) is 0 Å². The van der Waals surface area contributed by atoms with E-state index in [1.807, 2.05) is 0 Å². The minimum absolute atomic E-state index is 0.0755. The van der Waals surface area contributed by atoms with E-state index in [0.717, 1.165) is 5.57 Å². The van der Waals surface area contributed by atoms with Crippen LogP contribution in [0.3, 0.4) is 0 Å². The molecule has 1 aliphatic rings. The summed E-state index contributed by atoms with van der Waals surface area (Å²) >= 11 is 0. The molecular formula is C15H27FO2Si. The lowest BCUT2D eigenvalue weighted by molar-refractivity contribution is 0.131. The molecule has 1 N–H and O–H groups in total. The Labute approximate surface area is 117 Å². The average molecular weight is 286 g/mol. The van der Waals surface area contributed by atoms with Gasteiger partial charge in [-0.05, 0) is 35.7 Å². The van der Waals surface area contributed by atoms with E-state index in [-0.39, 0.29) is 17.7 Å². The van der Waals surface area contributed by atoms with Crippen molar-refractivity contribution < 1.29 is 13.9 Å². The molecule has 0 aromatic carbocycles. The van der Waals surface area contributed by atoms with Crippen LogP contribution in [0.1, 0.15) is 33.6 Å². The van der Waals surface area contributed by atoms with Crippen molar-refractivity contribution in [1.82, 2.24) is 0 Å². The molecule has 0 aromatic rings. The normalized spacial score (nSPS) is 27.9. The largest absolute Gasteiger partial charge is 0.413 e. The first-order valence-electron chi connectivity index (χ1n) is 6.89. The maximum atomic E-state index is 14.0. The number of halogens is 1. The summed E-state index contributed by atoms with van der Waals surface area (Å²) in [6, 6.07) is 0. The van der Waals surface area contributed by atoms with Crippen LogP contribution in [0, 0.1) is 0 Å². The van der Waals surface area contributed by atoms with Crippen LogP contribution in [0.15, 0.2) is 23.8 Å². The second kappa shape index (κ2) is 5.90. The Bertz CT molecular complexity index is 369. The molecule has 19 heavy (non-hydrogen) atoms. The minimum Gasteiger partial charge on any atom is -0.413 e. The quantitative estimate of drug-likeness (QED) is 0.795. The number of hydrogen-bond donors (Lipinski definition) is 1. The molecule has 0 amide bonds. The molecule has 0 heterocycles. The number of hydrogen-bond acceptors (Lipinski definition) is 2. The highest BCUT2D eigenvalue weighted by atomic mass is 28.4. The van der Waals surface area contributed by atoms with Gasteiger partial charge in [-0.2, -0.15) is 0 Å². The Morgan fingerprint density at radius 3 is 2.53 bits per heavy atom. The fourth-order valence-corrected chi connectivity index (χ4v) is 3.41. The molecule has 0 bridgehead atoms. The topological polar surface area (TPSA) is 29.5 Å². The van der Waals surface area contributed by atoms with Crippen LogP contribution in [-0.4, -0.2) is 32.3 Å². The lowest BCUT2D eigenvalue weighted by Gasteiger charge is -2.41. The molecule has 2 nitrogen and oxygen atoms in total. The number of aliphatic hydroxyl groups is 1. The molecular weight excluding hydrogens is 259 g/mol. The van der Waals surface area contributed by atoms with Crippen molar-refractivity contribution in [1.29, 1.82) is 0 Å². The highest BCUT2D eigenvalue weighted by molar-refractivity contribution is 6.74. The molecule has 2 unspecified atom stereocenters. The highest BCUT2D eigenvalue weighted by Crippen LogP contribution is 2.40. The van der Waals surface area contributed by atoms with Crippen molar-refractivity contribution in [3.63, 3.8) is 0 Å². The van der Waals surface area contributed by atoms with Crippen LogP contribution < -0.4 is 0 Å². The van der Waals surface area contributed by atoms with E-state index in [2.05, 4.69) is 40.4 Å². The number of aliphatic hydroxyl groups excluding tert-OH is 1. The van der Waals surface area contributed by atoms with Gasteiger partial charge in [0.1, 0.15) is 6.17 Å². The van der Waals surface area contributed by atoms with E-state index < -0.39 is 14.5 Å². The van der Waals surface area contributed by atoms with Gasteiger partial charge in [0.05, 0.1) is 12.7 Å². The van der Waals surface area contributed by atoms with E-state index in [4.69, 9.17) is 9.53 Å². The molecule has 110 valence electrons. The second-order valence-corrected chi connectivity index (χ2v) is 11.6. The van der Waals surface area contributed by atoms with Gasteiger partial charge < -0.3 is 9.53 Å². The monoisotopic (exact) mass is 286 g/mol. The van der Waals surface area contributed by atoms with Crippen LogP contribution in [-0.2, 0) is 4.43 Å². The van der Waals surface area contributed by atoms with Crippen molar-refractivity contribution in [2.24, 2.45) is 0 Å². The smallest absolute Gasteiger partial charge is 0.192 e. The van der Waals surface area contributed by atoms with Crippen molar-refractivity contribution in [3.8, 4) is 0 Å². The summed E-state index contributed by atoms with van der Waals surface area (Å²) < 4.78 is 20.3. The van der Waals surface area contributed by atoms with Gasteiger partial charge in [0.15, 0.2) is 8.32 Å². The second-order valence-electron chi connectivity index (χ2n) is 6.84. The number of alkyl halides is 1. The van der Waals surface area contributed by atoms with E-state index in [0.29, 0.717) is 18.4 Å². The summed E-state index contributed by atoms with van der Waals surface area (Å²) in [5.41, 5.74) is 1.31. The van der Waals surface area contributed by atoms with Crippen LogP contribution in [0.2, 0.25) is 18.1 Å². The maximum Gasteiger partial charge on any atom is 0.192 e. The first-order valence-corrected chi connectivity index (χ1v) is 9.80. The van der Waals surface area contributed by atoms with Crippen molar-refractivity contribution >= 4 is 8.32 Å². The summed E-state index contributed by atoms with van der Waals surface area (Å²) in [6.07, 6.45) is 1.54. The summed E-state index contributed by atoms with van der Waals surface area (Å²) in [5, 5.41) is 9.12.